The van der Waals surface area contributed by atoms with Gasteiger partial charge in [-0.25, -0.2) is 0 Å². The Kier molecular flexibility index (Phi) is 7.03. The summed E-state index contributed by atoms with van der Waals surface area (Å²) in [7, 11) is 1.65. The standard InChI is InChI=1S/C25H31N3O5/c1-4-27(5-2)21(17-7-6-8-20(11-17)31-3)14-26-25(30)18-12-24(29)28(15-18)19-9-10-22-23(13-19)33-16-32-22/h6-11,13,18,21H,4-5,12,14-16H2,1-3H3,(H,26,30). The summed E-state index contributed by atoms with van der Waals surface area (Å²) in [4.78, 5) is 29.7. The Morgan fingerprint density at radius 3 is 2.73 bits per heavy atom. The third-order valence-corrected chi connectivity index (χ3v) is 6.36. The van der Waals surface area contributed by atoms with Gasteiger partial charge in [0.1, 0.15) is 5.75 Å². The highest BCUT2D eigenvalue weighted by atomic mass is 16.7. The van der Waals surface area contributed by atoms with E-state index in [-0.39, 0.29) is 31.1 Å². The summed E-state index contributed by atoms with van der Waals surface area (Å²) in [5.74, 6) is 1.50. The lowest BCUT2D eigenvalue weighted by atomic mass is 10.0. The number of methoxy groups -OCH3 is 1. The smallest absolute Gasteiger partial charge is 0.231 e. The Bertz CT molecular complexity index is 1010. The summed E-state index contributed by atoms with van der Waals surface area (Å²) >= 11 is 0. The van der Waals surface area contributed by atoms with Crippen molar-refractivity contribution in [1.29, 1.82) is 0 Å². The molecule has 8 heteroatoms. The molecule has 0 spiro atoms. The summed E-state index contributed by atoms with van der Waals surface area (Å²) in [5.41, 5.74) is 1.81. The van der Waals surface area contributed by atoms with E-state index >= 15 is 0 Å². The first-order valence-electron chi connectivity index (χ1n) is 11.4. The molecule has 0 saturated carbocycles. The van der Waals surface area contributed by atoms with Crippen LogP contribution in [0.2, 0.25) is 0 Å². The second kappa shape index (κ2) is 10.1. The lowest BCUT2D eigenvalue weighted by molar-refractivity contribution is -0.126. The number of fused-ring (bicyclic) bond motifs is 1. The maximum atomic E-state index is 13.0. The maximum absolute atomic E-state index is 13.0. The highest BCUT2D eigenvalue weighted by Gasteiger charge is 2.36. The predicted molar refractivity (Wildman–Crippen MR) is 125 cm³/mol. The summed E-state index contributed by atoms with van der Waals surface area (Å²) < 4.78 is 16.2. The fourth-order valence-electron chi connectivity index (χ4n) is 4.50. The second-order valence-electron chi connectivity index (χ2n) is 8.20. The first-order chi connectivity index (χ1) is 16.0. The van der Waals surface area contributed by atoms with Crippen LogP contribution in [0.3, 0.4) is 0 Å². The lowest BCUT2D eigenvalue weighted by Gasteiger charge is -2.30. The van der Waals surface area contributed by atoms with Gasteiger partial charge in [-0.1, -0.05) is 26.0 Å². The van der Waals surface area contributed by atoms with Gasteiger partial charge in [-0.2, -0.15) is 0 Å². The molecule has 2 aliphatic heterocycles. The largest absolute Gasteiger partial charge is 0.497 e. The topological polar surface area (TPSA) is 80.3 Å². The number of carbonyl (C=O) groups is 2. The van der Waals surface area contributed by atoms with Gasteiger partial charge in [0.2, 0.25) is 18.6 Å². The van der Waals surface area contributed by atoms with E-state index in [9.17, 15) is 9.59 Å². The van der Waals surface area contributed by atoms with Crippen LogP contribution in [0.5, 0.6) is 17.2 Å². The minimum absolute atomic E-state index is 0.0149. The van der Waals surface area contributed by atoms with Crippen molar-refractivity contribution in [2.75, 3.05) is 45.0 Å². The van der Waals surface area contributed by atoms with Crippen LogP contribution in [-0.2, 0) is 9.59 Å². The third-order valence-electron chi connectivity index (χ3n) is 6.36. The Morgan fingerprint density at radius 1 is 1.18 bits per heavy atom. The molecule has 2 aliphatic rings. The molecule has 2 atom stereocenters. The molecule has 0 aliphatic carbocycles. The molecule has 33 heavy (non-hydrogen) atoms. The molecule has 176 valence electrons. The van der Waals surface area contributed by atoms with Crippen LogP contribution in [0.15, 0.2) is 42.5 Å². The van der Waals surface area contributed by atoms with Gasteiger partial charge >= 0.3 is 0 Å². The minimum atomic E-state index is -0.398. The summed E-state index contributed by atoms with van der Waals surface area (Å²) in [6.45, 7) is 6.91. The fourth-order valence-corrected chi connectivity index (χ4v) is 4.50. The zero-order valence-electron chi connectivity index (χ0n) is 19.4. The summed E-state index contributed by atoms with van der Waals surface area (Å²) in [5, 5.41) is 3.10. The van der Waals surface area contributed by atoms with Gasteiger partial charge in [0.25, 0.3) is 0 Å². The molecule has 2 aromatic carbocycles. The lowest BCUT2D eigenvalue weighted by Crippen LogP contribution is -2.40. The Hall–Kier alpha value is -3.26. The maximum Gasteiger partial charge on any atom is 0.231 e. The van der Waals surface area contributed by atoms with Crippen LogP contribution >= 0.6 is 0 Å². The van der Waals surface area contributed by atoms with E-state index in [1.54, 1.807) is 24.1 Å². The Morgan fingerprint density at radius 2 is 1.97 bits per heavy atom. The van der Waals surface area contributed by atoms with Crippen LogP contribution < -0.4 is 24.4 Å². The van der Waals surface area contributed by atoms with Gasteiger partial charge in [-0.3, -0.25) is 14.5 Å². The first kappa shape index (κ1) is 22.9. The van der Waals surface area contributed by atoms with E-state index in [1.165, 1.54) is 0 Å². The molecule has 0 bridgehead atoms. The molecular formula is C25H31N3O5. The van der Waals surface area contributed by atoms with Gasteiger partial charge in [0, 0.05) is 31.3 Å². The van der Waals surface area contributed by atoms with Crippen molar-refractivity contribution in [3.05, 3.63) is 48.0 Å². The molecule has 1 fully saturated rings. The number of nitrogens with one attached hydrogen (secondary N) is 1. The molecule has 2 aromatic rings. The quantitative estimate of drug-likeness (QED) is 0.629. The number of amides is 2. The van der Waals surface area contributed by atoms with Gasteiger partial charge < -0.3 is 24.4 Å². The van der Waals surface area contributed by atoms with Crippen molar-refractivity contribution in [3.8, 4) is 17.2 Å². The first-order valence-corrected chi connectivity index (χ1v) is 11.4. The number of likely N-dealkylation sites (N-methyl/N-ethyl adjacent to an activating group) is 1. The number of benzene rings is 2. The number of carbonyl (C=O) groups excluding carboxylic acids is 2. The Balaban J connectivity index is 1.42. The number of nitrogens with zero attached hydrogens (tertiary/aromatic N) is 2. The molecule has 2 heterocycles. The van der Waals surface area contributed by atoms with Gasteiger partial charge in [-0.15, -0.1) is 0 Å². The molecule has 4 rings (SSSR count). The highest BCUT2D eigenvalue weighted by Crippen LogP contribution is 2.37. The van der Waals surface area contributed by atoms with Crippen molar-refractivity contribution >= 4 is 17.5 Å². The normalized spacial score (nSPS) is 18.0. The van der Waals surface area contributed by atoms with E-state index in [0.717, 1.165) is 30.1 Å². The van der Waals surface area contributed by atoms with Crippen LogP contribution in [0.4, 0.5) is 5.69 Å². The number of rotatable bonds is 9. The van der Waals surface area contributed by atoms with Crippen molar-refractivity contribution in [1.82, 2.24) is 10.2 Å². The average Bonchev–Trinajstić information content (AvgIpc) is 3.47. The zero-order chi connectivity index (χ0) is 23.4. The summed E-state index contributed by atoms with van der Waals surface area (Å²) in [6.07, 6.45) is 0.190. The fraction of sp³-hybridized carbons (Fsp3) is 0.440. The zero-order valence-corrected chi connectivity index (χ0v) is 19.4. The van der Waals surface area contributed by atoms with Crippen molar-refractivity contribution in [2.45, 2.75) is 26.3 Å². The van der Waals surface area contributed by atoms with Crippen LogP contribution in [0.1, 0.15) is 31.9 Å². The number of anilines is 1. The minimum Gasteiger partial charge on any atom is -0.497 e. The third kappa shape index (κ3) is 4.90. The predicted octanol–water partition coefficient (Wildman–Crippen LogP) is 2.98. The van der Waals surface area contributed by atoms with Crippen LogP contribution in [0, 0.1) is 5.92 Å². The molecule has 0 radical (unpaired) electrons. The van der Waals surface area contributed by atoms with E-state index in [4.69, 9.17) is 14.2 Å². The van der Waals surface area contributed by atoms with Crippen molar-refractivity contribution < 1.29 is 23.8 Å². The SMILES string of the molecule is CCN(CC)C(CNC(=O)C1CC(=O)N(c2ccc3c(c2)OCO3)C1)c1cccc(OC)c1. The van der Waals surface area contributed by atoms with Gasteiger partial charge in [-0.05, 0) is 42.9 Å². The highest BCUT2D eigenvalue weighted by molar-refractivity contribution is 6.00. The molecule has 2 amide bonds. The number of hydrogen-bond acceptors (Lipinski definition) is 6. The molecular weight excluding hydrogens is 422 g/mol. The average molecular weight is 454 g/mol. The number of ether oxygens (including phenoxy) is 3. The van der Waals surface area contributed by atoms with Crippen LogP contribution in [-0.4, -0.2) is 56.8 Å². The molecule has 1 N–H and O–H groups in total. The van der Waals surface area contributed by atoms with Crippen molar-refractivity contribution in [2.24, 2.45) is 5.92 Å². The Labute approximate surface area is 194 Å². The van der Waals surface area contributed by atoms with Gasteiger partial charge in [0.05, 0.1) is 19.1 Å². The van der Waals surface area contributed by atoms with Crippen molar-refractivity contribution in [3.63, 3.8) is 0 Å². The van der Waals surface area contributed by atoms with E-state index in [2.05, 4.69) is 30.1 Å². The van der Waals surface area contributed by atoms with Gasteiger partial charge in [0.15, 0.2) is 11.5 Å². The summed E-state index contributed by atoms with van der Waals surface area (Å²) in [6, 6.07) is 13.4. The van der Waals surface area contributed by atoms with E-state index < -0.39 is 5.92 Å². The molecule has 8 nitrogen and oxygen atoms in total. The number of hydrogen-bond donors (Lipinski definition) is 1. The molecule has 1 saturated heterocycles. The molecule has 2 unspecified atom stereocenters. The van der Waals surface area contributed by atoms with E-state index in [1.807, 2.05) is 24.3 Å². The van der Waals surface area contributed by atoms with E-state index in [0.29, 0.717) is 24.6 Å². The molecule has 0 aromatic heterocycles. The second-order valence-corrected chi connectivity index (χ2v) is 8.20. The monoisotopic (exact) mass is 453 g/mol. The van der Waals surface area contributed by atoms with Crippen LogP contribution in [0.25, 0.3) is 0 Å².